The minimum atomic E-state index is -2.41. The Morgan fingerprint density at radius 2 is 1.62 bits per heavy atom. The first kappa shape index (κ1) is 11.8. The molecule has 0 heterocycles. The van der Waals surface area contributed by atoms with Crippen LogP contribution in [0.2, 0.25) is 0 Å². The van der Waals surface area contributed by atoms with E-state index in [9.17, 15) is 14.7 Å². The van der Waals surface area contributed by atoms with Gasteiger partial charge in [-0.05, 0) is 0 Å². The van der Waals surface area contributed by atoms with Gasteiger partial charge >= 0.3 is 0 Å². The maximum atomic E-state index is 10.4. The van der Waals surface area contributed by atoms with E-state index < -0.39 is 30.2 Å². The van der Waals surface area contributed by atoms with E-state index in [2.05, 4.69) is 0 Å². The third-order valence-electron chi connectivity index (χ3n) is 1.27. The van der Waals surface area contributed by atoms with Gasteiger partial charge in [0.1, 0.15) is 12.2 Å². The Labute approximate surface area is 72.0 Å². The summed E-state index contributed by atoms with van der Waals surface area (Å²) in [6.07, 6.45) is -6.93. The van der Waals surface area contributed by atoms with E-state index in [4.69, 9.17) is 20.5 Å². The van der Waals surface area contributed by atoms with Gasteiger partial charge < -0.3 is 25.2 Å². The molecule has 0 aromatic rings. The summed E-state index contributed by atoms with van der Waals surface area (Å²) < 4.78 is 0. The van der Waals surface area contributed by atoms with Crippen LogP contribution in [-0.2, 0) is 9.59 Å². The lowest BCUT2D eigenvalue weighted by Gasteiger charge is -2.21. The zero-order valence-electron chi connectivity index (χ0n) is 6.25. The van der Waals surface area contributed by atoms with Crippen molar-refractivity contribution in [2.45, 2.75) is 18.3 Å². The molecule has 1 amide bonds. The highest BCUT2D eigenvalue weighted by Gasteiger charge is 2.30. The number of aliphatic carboxylic acids is 1. The first-order valence-corrected chi connectivity index (χ1v) is 3.10. The molecule has 8 heteroatoms. The molecule has 0 aromatic heterocycles. The van der Waals surface area contributed by atoms with Crippen LogP contribution in [0, 0.1) is 0 Å². The predicted octanol–water partition coefficient (Wildman–Crippen LogP) is -4.68. The number of aliphatic hydroxyl groups is 3. The van der Waals surface area contributed by atoms with Crippen molar-refractivity contribution in [1.82, 2.24) is 5.48 Å². The molecule has 0 aliphatic carbocycles. The maximum absolute atomic E-state index is 10.4. The Balaban J connectivity index is 4.32. The van der Waals surface area contributed by atoms with Gasteiger partial charge in [0.15, 0.2) is 6.10 Å². The van der Waals surface area contributed by atoms with E-state index >= 15 is 0 Å². The van der Waals surface area contributed by atoms with Crippen molar-refractivity contribution < 1.29 is 35.2 Å². The molecule has 5 N–H and O–H groups in total. The smallest absolute Gasteiger partial charge is 0.274 e. The molecule has 76 valence electrons. The zero-order valence-corrected chi connectivity index (χ0v) is 6.25. The normalized spacial score (nSPS) is 17.2. The van der Waals surface area contributed by atoms with Gasteiger partial charge in [-0.2, -0.15) is 0 Å². The van der Waals surface area contributed by atoms with Crippen LogP contribution >= 0.6 is 0 Å². The van der Waals surface area contributed by atoms with Crippen LogP contribution in [0.3, 0.4) is 0 Å². The Hall–Kier alpha value is -1.22. The molecule has 0 spiro atoms. The number of aliphatic hydroxyl groups excluding tert-OH is 3. The third-order valence-corrected chi connectivity index (χ3v) is 1.27. The molecule has 0 radical (unpaired) electrons. The number of hydrogen-bond acceptors (Lipinski definition) is 7. The number of amides is 1. The number of carbonyl (C=O) groups is 2. The van der Waals surface area contributed by atoms with E-state index in [0.29, 0.717) is 0 Å². The maximum Gasteiger partial charge on any atom is 0.274 e. The second kappa shape index (κ2) is 4.72. The predicted molar refractivity (Wildman–Crippen MR) is 33.0 cm³/mol. The van der Waals surface area contributed by atoms with Gasteiger partial charge in [-0.15, -0.1) is 0 Å². The SMILES string of the molecule is O=C(NO)[C@@H](O)[C@H](O)[C@@H](O)C(=O)[O-]. The number of carboxylic acid groups (broad SMARTS) is 1. The van der Waals surface area contributed by atoms with Gasteiger partial charge in [0.05, 0.1) is 5.97 Å². The molecule has 0 saturated carbocycles. The van der Waals surface area contributed by atoms with Crippen molar-refractivity contribution in [1.29, 1.82) is 0 Å². The lowest BCUT2D eigenvalue weighted by Crippen LogP contribution is -2.52. The summed E-state index contributed by atoms with van der Waals surface area (Å²) in [5.41, 5.74) is 0.966. The molecule has 0 fully saturated rings. The lowest BCUT2D eigenvalue weighted by molar-refractivity contribution is -0.319. The molecule has 0 saturated heterocycles. The van der Waals surface area contributed by atoms with Gasteiger partial charge in [-0.3, -0.25) is 10.0 Å². The van der Waals surface area contributed by atoms with Crippen LogP contribution in [0.5, 0.6) is 0 Å². The molecule has 0 rings (SSSR count). The fourth-order valence-corrected chi connectivity index (χ4v) is 0.533. The van der Waals surface area contributed by atoms with Crippen molar-refractivity contribution in [2.24, 2.45) is 0 Å². The summed E-state index contributed by atoms with van der Waals surface area (Å²) >= 11 is 0. The van der Waals surface area contributed by atoms with Gasteiger partial charge in [0.25, 0.3) is 5.91 Å². The molecule has 0 unspecified atom stereocenters. The van der Waals surface area contributed by atoms with Crippen LogP contribution in [0.1, 0.15) is 0 Å². The Morgan fingerprint density at radius 3 is 1.92 bits per heavy atom. The summed E-state index contributed by atoms with van der Waals surface area (Å²) in [5.74, 6) is -3.48. The standard InChI is InChI=1S/C5H9NO7/c7-1(3(9)5(11)12)2(8)4(10)6-13/h1-3,7-9,13H,(H,6,10)(H,11,12)/p-1/t1-,2-,3+/m0/s1. The van der Waals surface area contributed by atoms with Gasteiger partial charge in [0, 0.05) is 0 Å². The molecule has 0 aromatic carbocycles. The van der Waals surface area contributed by atoms with Crippen molar-refractivity contribution in [3.8, 4) is 0 Å². The highest BCUT2D eigenvalue weighted by Crippen LogP contribution is 1.99. The Morgan fingerprint density at radius 1 is 1.15 bits per heavy atom. The largest absolute Gasteiger partial charge is 0.547 e. The van der Waals surface area contributed by atoms with Crippen molar-refractivity contribution >= 4 is 11.9 Å². The van der Waals surface area contributed by atoms with Crippen molar-refractivity contribution in [2.75, 3.05) is 0 Å². The van der Waals surface area contributed by atoms with Crippen LogP contribution in [0.25, 0.3) is 0 Å². The summed E-state index contributed by atoms with van der Waals surface area (Å²) in [6, 6.07) is 0. The minimum Gasteiger partial charge on any atom is -0.547 e. The van der Waals surface area contributed by atoms with Crippen molar-refractivity contribution in [3.63, 3.8) is 0 Å². The molecule has 3 atom stereocenters. The van der Waals surface area contributed by atoms with Gasteiger partial charge in [0.2, 0.25) is 0 Å². The van der Waals surface area contributed by atoms with E-state index in [0.717, 1.165) is 5.48 Å². The fourth-order valence-electron chi connectivity index (χ4n) is 0.533. The summed E-state index contributed by atoms with van der Waals surface area (Å²) in [5, 5.41) is 44.0. The van der Waals surface area contributed by atoms with Crippen LogP contribution in [0.4, 0.5) is 0 Å². The van der Waals surface area contributed by atoms with E-state index in [1.54, 1.807) is 0 Å². The van der Waals surface area contributed by atoms with Crippen LogP contribution in [0.15, 0.2) is 0 Å². The highest BCUT2D eigenvalue weighted by molar-refractivity contribution is 5.81. The van der Waals surface area contributed by atoms with Gasteiger partial charge in [-0.1, -0.05) is 0 Å². The third kappa shape index (κ3) is 2.95. The number of nitrogens with one attached hydrogen (secondary N) is 1. The Kier molecular flexibility index (Phi) is 4.28. The van der Waals surface area contributed by atoms with Gasteiger partial charge in [-0.25, -0.2) is 5.48 Å². The second-order valence-electron chi connectivity index (χ2n) is 2.18. The monoisotopic (exact) mass is 194 g/mol. The highest BCUT2D eigenvalue weighted by atomic mass is 16.5. The number of carboxylic acids is 1. The first-order valence-electron chi connectivity index (χ1n) is 3.10. The van der Waals surface area contributed by atoms with Crippen LogP contribution in [-0.4, -0.2) is 50.7 Å². The average molecular weight is 194 g/mol. The number of carbonyl (C=O) groups excluding carboxylic acids is 2. The number of hydroxylamine groups is 1. The molecule has 0 bridgehead atoms. The minimum absolute atomic E-state index is 0.966. The molecular weight excluding hydrogens is 186 g/mol. The molecule has 13 heavy (non-hydrogen) atoms. The van der Waals surface area contributed by atoms with E-state index in [-0.39, 0.29) is 0 Å². The second-order valence-corrected chi connectivity index (χ2v) is 2.18. The van der Waals surface area contributed by atoms with Crippen molar-refractivity contribution in [3.05, 3.63) is 0 Å². The van der Waals surface area contributed by atoms with Crippen LogP contribution < -0.4 is 10.6 Å². The molecule has 8 nitrogen and oxygen atoms in total. The molecule has 0 aliphatic rings. The summed E-state index contributed by atoms with van der Waals surface area (Å²) in [4.78, 5) is 20.3. The Bertz CT molecular complexity index is 205. The number of rotatable bonds is 4. The first-order chi connectivity index (χ1) is 5.91. The summed E-state index contributed by atoms with van der Waals surface area (Å²) in [6.45, 7) is 0. The average Bonchev–Trinajstić information content (AvgIpc) is 2.12. The van der Waals surface area contributed by atoms with E-state index in [1.165, 1.54) is 0 Å². The molecular formula is C5H8NO7-. The fraction of sp³-hybridized carbons (Fsp3) is 0.600. The molecule has 0 aliphatic heterocycles. The zero-order chi connectivity index (χ0) is 10.6. The lowest BCUT2D eigenvalue weighted by atomic mass is 10.1. The number of hydrogen-bond donors (Lipinski definition) is 5. The van der Waals surface area contributed by atoms with E-state index in [1.807, 2.05) is 0 Å². The quantitative estimate of drug-likeness (QED) is 0.223. The summed E-state index contributed by atoms with van der Waals surface area (Å²) in [7, 11) is 0. The topological polar surface area (TPSA) is 150 Å².